The van der Waals surface area contributed by atoms with Crippen molar-refractivity contribution >= 4 is 11.8 Å². The molecule has 3 rings (SSSR count). The van der Waals surface area contributed by atoms with Crippen molar-refractivity contribution < 1.29 is 22.3 Å². The molecule has 2 heterocycles. The number of thioether (sulfide) groups is 1. The number of nitrogens with two attached hydrogens (primary N) is 1. The van der Waals surface area contributed by atoms with Crippen LogP contribution in [0.3, 0.4) is 0 Å². The molecule has 0 fully saturated rings. The van der Waals surface area contributed by atoms with Gasteiger partial charge in [0.2, 0.25) is 16.9 Å². The number of methoxy groups -OCH3 is 1. The van der Waals surface area contributed by atoms with Gasteiger partial charge in [-0.3, -0.25) is 0 Å². The number of nitrogens with zero attached hydrogens (tertiary/aromatic N) is 5. The molecule has 12 heteroatoms. The van der Waals surface area contributed by atoms with E-state index in [1.54, 1.807) is 38.3 Å². The van der Waals surface area contributed by atoms with E-state index in [1.807, 2.05) is 0 Å². The Morgan fingerprint density at radius 3 is 2.42 bits per heavy atom. The molecule has 2 aromatic heterocycles. The highest BCUT2D eigenvalue weighted by Gasteiger charge is 2.38. The molecule has 0 radical (unpaired) electrons. The van der Waals surface area contributed by atoms with Crippen LogP contribution in [0.1, 0.15) is 23.9 Å². The number of ether oxygens (including phenoxy) is 1. The minimum Gasteiger partial charge on any atom is -0.497 e. The van der Waals surface area contributed by atoms with Crippen molar-refractivity contribution in [2.75, 3.05) is 13.0 Å². The van der Waals surface area contributed by atoms with Crippen molar-refractivity contribution in [3.63, 3.8) is 0 Å². The third-order valence-corrected chi connectivity index (χ3v) is 4.37. The van der Waals surface area contributed by atoms with Crippen LogP contribution in [-0.4, -0.2) is 32.2 Å². The van der Waals surface area contributed by atoms with Crippen molar-refractivity contribution in [3.05, 3.63) is 36.0 Å². The molecule has 0 saturated heterocycles. The maximum Gasteiger partial charge on any atom is 0.453 e. The molecule has 8 nitrogen and oxygen atoms in total. The summed E-state index contributed by atoms with van der Waals surface area (Å²) in [4.78, 5) is 0. The number of halogens is 3. The second-order valence-electron chi connectivity index (χ2n) is 5.11. The fourth-order valence-electron chi connectivity index (χ4n) is 2.01. The molecule has 138 valence electrons. The summed E-state index contributed by atoms with van der Waals surface area (Å²) in [6.45, 7) is 1.68. The Hall–Kier alpha value is -2.76. The summed E-state index contributed by atoms with van der Waals surface area (Å²) in [7, 11) is 1.55. The average Bonchev–Trinajstić information content (AvgIpc) is 3.22. The fourth-order valence-corrected chi connectivity index (χ4v) is 2.81. The first kappa shape index (κ1) is 18.0. The molecule has 0 unspecified atom stereocenters. The van der Waals surface area contributed by atoms with Gasteiger partial charge in [0.1, 0.15) is 5.75 Å². The Bertz CT molecular complexity index is 893. The van der Waals surface area contributed by atoms with E-state index in [0.29, 0.717) is 16.0 Å². The highest BCUT2D eigenvalue weighted by molar-refractivity contribution is 7.99. The normalized spacial score (nSPS) is 13.0. The van der Waals surface area contributed by atoms with Crippen LogP contribution in [0.25, 0.3) is 11.5 Å². The monoisotopic (exact) mass is 386 g/mol. The van der Waals surface area contributed by atoms with E-state index in [-0.39, 0.29) is 16.9 Å². The Labute approximate surface area is 149 Å². The van der Waals surface area contributed by atoms with Crippen LogP contribution in [0.5, 0.6) is 5.75 Å². The van der Waals surface area contributed by atoms with Gasteiger partial charge in [-0.15, -0.1) is 20.4 Å². The van der Waals surface area contributed by atoms with Gasteiger partial charge in [0, 0.05) is 5.56 Å². The lowest BCUT2D eigenvalue weighted by Gasteiger charge is -2.08. The predicted molar refractivity (Wildman–Crippen MR) is 85.7 cm³/mol. The molecule has 0 aliphatic heterocycles. The van der Waals surface area contributed by atoms with Gasteiger partial charge in [-0.05, 0) is 31.2 Å². The molecule has 3 aromatic rings. The second-order valence-corrected chi connectivity index (χ2v) is 6.42. The quantitative estimate of drug-likeness (QED) is 0.527. The van der Waals surface area contributed by atoms with Crippen LogP contribution < -0.4 is 10.6 Å². The minimum atomic E-state index is -4.68. The minimum absolute atomic E-state index is 0.117. The number of hydrogen-bond donors (Lipinski definition) is 1. The van der Waals surface area contributed by atoms with E-state index in [9.17, 15) is 13.2 Å². The number of alkyl halides is 3. The van der Waals surface area contributed by atoms with E-state index in [2.05, 4.69) is 20.4 Å². The van der Waals surface area contributed by atoms with Crippen LogP contribution >= 0.6 is 11.8 Å². The number of hydrogen-bond acceptors (Lipinski definition) is 8. The maximum absolute atomic E-state index is 12.7. The molecule has 0 saturated carbocycles. The Kier molecular flexibility index (Phi) is 4.76. The predicted octanol–water partition coefficient (Wildman–Crippen LogP) is 2.92. The van der Waals surface area contributed by atoms with E-state index >= 15 is 0 Å². The first-order chi connectivity index (χ1) is 12.3. The van der Waals surface area contributed by atoms with E-state index in [4.69, 9.17) is 15.0 Å². The second kappa shape index (κ2) is 6.86. The lowest BCUT2D eigenvalue weighted by atomic mass is 10.2. The lowest BCUT2D eigenvalue weighted by molar-refractivity contribution is -0.146. The molecule has 26 heavy (non-hydrogen) atoms. The third kappa shape index (κ3) is 3.59. The summed E-state index contributed by atoms with van der Waals surface area (Å²) < 4.78 is 49.2. The zero-order chi connectivity index (χ0) is 18.9. The van der Waals surface area contributed by atoms with Gasteiger partial charge in [0.05, 0.1) is 12.4 Å². The smallest absolute Gasteiger partial charge is 0.453 e. The lowest BCUT2D eigenvalue weighted by Crippen LogP contribution is -2.21. The molecule has 0 aliphatic rings. The summed E-state index contributed by atoms with van der Waals surface area (Å²) >= 11 is 0.923. The molecule has 1 aromatic carbocycles. The Morgan fingerprint density at radius 1 is 1.15 bits per heavy atom. The summed E-state index contributed by atoms with van der Waals surface area (Å²) in [5, 5.41) is 13.8. The summed E-state index contributed by atoms with van der Waals surface area (Å²) in [6.07, 6.45) is -4.68. The molecule has 2 N–H and O–H groups in total. The molecule has 0 amide bonds. The van der Waals surface area contributed by atoms with Crippen LogP contribution in [-0.2, 0) is 6.18 Å². The molecule has 0 aliphatic carbocycles. The topological polar surface area (TPSA) is 105 Å². The van der Waals surface area contributed by atoms with Crippen molar-refractivity contribution in [2.45, 2.75) is 23.5 Å². The molecular formula is C14H13F3N6O2S. The van der Waals surface area contributed by atoms with Crippen molar-refractivity contribution in [1.29, 1.82) is 0 Å². The first-order valence-electron chi connectivity index (χ1n) is 7.21. The van der Waals surface area contributed by atoms with Crippen molar-refractivity contribution in [2.24, 2.45) is 0 Å². The summed E-state index contributed by atoms with van der Waals surface area (Å²) in [5.41, 5.74) is 0.683. The maximum atomic E-state index is 12.7. The van der Waals surface area contributed by atoms with E-state index in [1.165, 1.54) is 0 Å². The third-order valence-electron chi connectivity index (χ3n) is 3.33. The zero-order valence-electron chi connectivity index (χ0n) is 13.6. The fraction of sp³-hybridized carbons (Fsp3) is 0.286. The molecular weight excluding hydrogens is 373 g/mol. The van der Waals surface area contributed by atoms with Gasteiger partial charge in [-0.25, -0.2) is 4.68 Å². The highest BCUT2D eigenvalue weighted by Crippen LogP contribution is 2.36. The van der Waals surface area contributed by atoms with E-state index < -0.39 is 17.3 Å². The van der Waals surface area contributed by atoms with Gasteiger partial charge in [0.25, 0.3) is 5.82 Å². The van der Waals surface area contributed by atoms with Gasteiger partial charge in [-0.2, -0.15) is 13.2 Å². The molecule has 0 spiro atoms. The average molecular weight is 386 g/mol. The van der Waals surface area contributed by atoms with Crippen LogP contribution in [0.15, 0.2) is 33.8 Å². The first-order valence-corrected chi connectivity index (χ1v) is 8.09. The number of rotatable bonds is 5. The molecule has 0 bridgehead atoms. The number of benzene rings is 1. The van der Waals surface area contributed by atoms with Crippen LogP contribution in [0, 0.1) is 0 Å². The molecule has 1 atom stereocenters. The standard InChI is InChI=1S/C14H13F3N6O2S/c1-7(26-13-22-21-12(23(13)18)14(15,16)17)10-19-20-11(25-10)8-3-5-9(24-2)6-4-8/h3-7H,18H2,1-2H3/t7-/m0/s1. The SMILES string of the molecule is COc1ccc(-c2nnc([C@H](C)Sc3nnc(C(F)(F)F)n3N)o2)cc1. The highest BCUT2D eigenvalue weighted by atomic mass is 32.2. The summed E-state index contributed by atoms with van der Waals surface area (Å²) in [5.74, 6) is 5.31. The van der Waals surface area contributed by atoms with Gasteiger partial charge < -0.3 is 15.0 Å². The van der Waals surface area contributed by atoms with Crippen LogP contribution in [0.4, 0.5) is 13.2 Å². The van der Waals surface area contributed by atoms with E-state index in [0.717, 1.165) is 11.8 Å². The van der Waals surface area contributed by atoms with Gasteiger partial charge in [-0.1, -0.05) is 11.8 Å². The van der Waals surface area contributed by atoms with Gasteiger partial charge >= 0.3 is 6.18 Å². The summed E-state index contributed by atoms with van der Waals surface area (Å²) in [6, 6.07) is 6.99. The van der Waals surface area contributed by atoms with Crippen molar-refractivity contribution in [1.82, 2.24) is 25.1 Å². The Balaban J connectivity index is 1.76. The van der Waals surface area contributed by atoms with Crippen LogP contribution in [0.2, 0.25) is 0 Å². The number of nitrogen functional groups attached to an aromatic ring is 1. The largest absolute Gasteiger partial charge is 0.497 e. The Morgan fingerprint density at radius 2 is 1.85 bits per heavy atom. The number of aromatic nitrogens is 5. The van der Waals surface area contributed by atoms with Gasteiger partial charge in [0.15, 0.2) is 0 Å². The zero-order valence-corrected chi connectivity index (χ0v) is 14.4. The van der Waals surface area contributed by atoms with Crippen molar-refractivity contribution in [3.8, 4) is 17.2 Å².